The predicted octanol–water partition coefficient (Wildman–Crippen LogP) is 8.34. The lowest BCUT2D eigenvalue weighted by atomic mass is 9.76. The summed E-state index contributed by atoms with van der Waals surface area (Å²) < 4.78 is 15.4. The molecule has 0 amide bonds. The van der Waals surface area contributed by atoms with E-state index in [4.69, 9.17) is 20.9 Å². The molecule has 0 atom stereocenters. The second kappa shape index (κ2) is 8.21. The average Bonchev–Trinajstić information content (AvgIpc) is 3.32. The summed E-state index contributed by atoms with van der Waals surface area (Å²) in [6.07, 6.45) is 0. The number of fused-ring (bicyclic) bond motifs is 3. The molecule has 1 aliphatic rings. The first-order valence-electron chi connectivity index (χ1n) is 11.9. The van der Waals surface area contributed by atoms with E-state index in [2.05, 4.69) is 100 Å². The fourth-order valence-electron chi connectivity index (χ4n) is 4.70. The molecule has 6 rings (SSSR count). The summed E-state index contributed by atoms with van der Waals surface area (Å²) in [5, 5.41) is 3.22. The van der Waals surface area contributed by atoms with Crippen LogP contribution < -0.4 is 5.46 Å². The van der Waals surface area contributed by atoms with Gasteiger partial charge in [-0.2, -0.15) is 0 Å². The van der Waals surface area contributed by atoms with Gasteiger partial charge in [-0.05, 0) is 85.7 Å². The molecular formula is C30H26BClO2S. The monoisotopic (exact) mass is 496 g/mol. The van der Waals surface area contributed by atoms with Crippen molar-refractivity contribution in [3.8, 4) is 22.3 Å². The molecule has 2 heterocycles. The lowest BCUT2D eigenvalue weighted by Gasteiger charge is -2.32. The van der Waals surface area contributed by atoms with Crippen LogP contribution in [0.15, 0.2) is 84.9 Å². The van der Waals surface area contributed by atoms with Crippen molar-refractivity contribution in [3.05, 3.63) is 90.0 Å². The van der Waals surface area contributed by atoms with Gasteiger partial charge in [-0.3, -0.25) is 0 Å². The van der Waals surface area contributed by atoms with E-state index in [1.165, 1.54) is 36.9 Å². The zero-order chi connectivity index (χ0) is 24.4. The van der Waals surface area contributed by atoms with Gasteiger partial charge in [0.1, 0.15) is 0 Å². The highest BCUT2D eigenvalue weighted by Gasteiger charge is 2.52. The molecule has 1 fully saturated rings. The van der Waals surface area contributed by atoms with E-state index in [1.807, 2.05) is 23.5 Å². The molecule has 0 bridgehead atoms. The predicted molar refractivity (Wildman–Crippen MR) is 151 cm³/mol. The molecule has 0 spiro atoms. The van der Waals surface area contributed by atoms with Gasteiger partial charge in [-0.15, -0.1) is 11.3 Å². The maximum absolute atomic E-state index is 6.43. The second-order valence-corrected chi connectivity index (χ2v) is 11.7. The molecule has 174 valence electrons. The Labute approximate surface area is 215 Å². The fourth-order valence-corrected chi connectivity index (χ4v) is 5.94. The van der Waals surface area contributed by atoms with E-state index in [0.29, 0.717) is 0 Å². The molecule has 5 aromatic rings. The molecular weight excluding hydrogens is 471 g/mol. The summed E-state index contributed by atoms with van der Waals surface area (Å²) in [5.74, 6) is 0. The van der Waals surface area contributed by atoms with E-state index in [9.17, 15) is 0 Å². The van der Waals surface area contributed by atoms with Crippen molar-refractivity contribution in [2.24, 2.45) is 0 Å². The second-order valence-electron chi connectivity index (χ2n) is 10.2. The van der Waals surface area contributed by atoms with Crippen LogP contribution in [0.4, 0.5) is 0 Å². The van der Waals surface area contributed by atoms with Gasteiger partial charge < -0.3 is 9.31 Å². The van der Waals surface area contributed by atoms with Gasteiger partial charge in [0.15, 0.2) is 0 Å². The Morgan fingerprint density at radius 2 is 1.20 bits per heavy atom. The van der Waals surface area contributed by atoms with E-state index in [1.54, 1.807) is 0 Å². The van der Waals surface area contributed by atoms with Crippen LogP contribution in [0.25, 0.3) is 42.4 Å². The molecule has 1 aliphatic heterocycles. The molecule has 35 heavy (non-hydrogen) atoms. The number of thiophene rings is 1. The molecule has 1 saturated heterocycles. The van der Waals surface area contributed by atoms with Gasteiger partial charge in [-0.1, -0.05) is 66.2 Å². The Morgan fingerprint density at radius 3 is 1.83 bits per heavy atom. The van der Waals surface area contributed by atoms with Gasteiger partial charge in [-0.25, -0.2) is 0 Å². The SMILES string of the molecule is CC1(C)OB(c2cccc3sc4ccc(-c5ccc(-c6ccc(Cl)cc6)cc5)cc4c23)OC1(C)C. The molecule has 0 radical (unpaired) electrons. The Kier molecular flexibility index (Phi) is 5.35. The van der Waals surface area contributed by atoms with Crippen LogP contribution in [-0.4, -0.2) is 18.3 Å². The molecule has 2 nitrogen and oxygen atoms in total. The van der Waals surface area contributed by atoms with Crippen molar-refractivity contribution in [1.82, 2.24) is 0 Å². The highest BCUT2D eigenvalue weighted by molar-refractivity contribution is 7.26. The lowest BCUT2D eigenvalue weighted by molar-refractivity contribution is 0.00578. The zero-order valence-corrected chi connectivity index (χ0v) is 21.8. The van der Waals surface area contributed by atoms with E-state index >= 15 is 0 Å². The van der Waals surface area contributed by atoms with Gasteiger partial charge >= 0.3 is 7.12 Å². The standard InChI is InChI=1S/C30H26BClO2S/c1-29(2)30(3,4)34-31(33-29)25-6-5-7-27-28(25)24-18-22(14-17-26(24)35-27)21-10-8-19(9-11-21)20-12-15-23(32)16-13-20/h5-18H,1-4H3. The van der Waals surface area contributed by atoms with Crippen molar-refractivity contribution in [1.29, 1.82) is 0 Å². The fraction of sp³-hybridized carbons (Fsp3) is 0.200. The van der Waals surface area contributed by atoms with E-state index < -0.39 is 0 Å². The molecule has 4 aromatic carbocycles. The number of rotatable bonds is 3. The van der Waals surface area contributed by atoms with Gasteiger partial charge in [0, 0.05) is 25.2 Å². The summed E-state index contributed by atoms with van der Waals surface area (Å²) in [6.45, 7) is 8.41. The average molecular weight is 497 g/mol. The number of benzene rings is 4. The Morgan fingerprint density at radius 1 is 0.657 bits per heavy atom. The lowest BCUT2D eigenvalue weighted by Crippen LogP contribution is -2.41. The molecule has 0 N–H and O–H groups in total. The Bertz CT molecular complexity index is 1540. The molecule has 0 unspecified atom stereocenters. The summed E-state index contributed by atoms with van der Waals surface area (Å²) in [7, 11) is -0.385. The van der Waals surface area contributed by atoms with Crippen molar-refractivity contribution in [2.75, 3.05) is 0 Å². The number of hydrogen-bond donors (Lipinski definition) is 0. The highest BCUT2D eigenvalue weighted by Crippen LogP contribution is 2.40. The van der Waals surface area contributed by atoms with Crippen molar-refractivity contribution in [2.45, 2.75) is 38.9 Å². The molecule has 0 saturated carbocycles. The number of hydrogen-bond acceptors (Lipinski definition) is 3. The zero-order valence-electron chi connectivity index (χ0n) is 20.3. The minimum atomic E-state index is -0.385. The minimum absolute atomic E-state index is 0.372. The maximum Gasteiger partial charge on any atom is 0.495 e. The van der Waals surface area contributed by atoms with Crippen molar-refractivity contribution in [3.63, 3.8) is 0 Å². The summed E-state index contributed by atoms with van der Waals surface area (Å²) in [4.78, 5) is 0. The molecule has 5 heteroatoms. The normalized spacial score (nSPS) is 16.9. The first-order chi connectivity index (χ1) is 16.7. The van der Waals surface area contributed by atoms with E-state index in [0.717, 1.165) is 16.0 Å². The van der Waals surface area contributed by atoms with Gasteiger partial charge in [0.05, 0.1) is 11.2 Å². The van der Waals surface area contributed by atoms with Crippen LogP contribution in [0.1, 0.15) is 27.7 Å². The van der Waals surface area contributed by atoms with Crippen LogP contribution in [0.5, 0.6) is 0 Å². The van der Waals surface area contributed by atoms with Crippen LogP contribution >= 0.6 is 22.9 Å². The molecule has 0 aliphatic carbocycles. The highest BCUT2D eigenvalue weighted by atomic mass is 35.5. The van der Waals surface area contributed by atoms with Gasteiger partial charge in [0.2, 0.25) is 0 Å². The maximum atomic E-state index is 6.43. The topological polar surface area (TPSA) is 18.5 Å². The summed E-state index contributed by atoms with van der Waals surface area (Å²) in [5.41, 5.74) is 5.08. The van der Waals surface area contributed by atoms with Crippen LogP contribution in [0.3, 0.4) is 0 Å². The first kappa shape index (κ1) is 22.8. The smallest absolute Gasteiger partial charge is 0.399 e. The Hall–Kier alpha value is -2.63. The van der Waals surface area contributed by atoms with Crippen LogP contribution in [0.2, 0.25) is 5.02 Å². The quantitative estimate of drug-likeness (QED) is 0.234. The number of halogens is 1. The summed E-state index contributed by atoms with van der Waals surface area (Å²) in [6, 6.07) is 29.9. The Balaban J connectivity index is 1.42. The third-order valence-electron chi connectivity index (χ3n) is 7.43. The molecule has 1 aromatic heterocycles. The third-order valence-corrected chi connectivity index (χ3v) is 8.82. The van der Waals surface area contributed by atoms with Crippen molar-refractivity contribution >= 4 is 55.7 Å². The summed E-state index contributed by atoms with van der Waals surface area (Å²) >= 11 is 7.87. The van der Waals surface area contributed by atoms with Crippen LogP contribution in [-0.2, 0) is 9.31 Å². The van der Waals surface area contributed by atoms with Crippen molar-refractivity contribution < 1.29 is 9.31 Å². The first-order valence-corrected chi connectivity index (χ1v) is 13.1. The largest absolute Gasteiger partial charge is 0.495 e. The van der Waals surface area contributed by atoms with E-state index in [-0.39, 0.29) is 18.3 Å². The van der Waals surface area contributed by atoms with Crippen LogP contribution in [0, 0.1) is 0 Å². The minimum Gasteiger partial charge on any atom is -0.399 e. The van der Waals surface area contributed by atoms with Gasteiger partial charge in [0.25, 0.3) is 0 Å². The third kappa shape index (κ3) is 3.89.